The molecular formula is C18H32O2. The Morgan fingerprint density at radius 3 is 2.10 bits per heavy atom. The molecule has 0 fully saturated rings. The van der Waals surface area contributed by atoms with E-state index in [0.29, 0.717) is 13.0 Å². The number of unbranched alkanes of at least 4 members (excludes halogenated alkanes) is 8. The Kier molecular flexibility index (Phi) is 15.2. The van der Waals surface area contributed by atoms with Crippen molar-refractivity contribution in [3.8, 4) is 0 Å². The molecule has 0 aromatic rings. The van der Waals surface area contributed by atoms with Gasteiger partial charge in [0, 0.05) is 6.42 Å². The Hall–Kier alpha value is -1.05. The molecule has 0 aliphatic heterocycles. The van der Waals surface area contributed by atoms with Crippen molar-refractivity contribution < 1.29 is 9.53 Å². The molecule has 0 bridgehead atoms. The fraction of sp³-hybridized carbons (Fsp3) is 0.722. The lowest BCUT2D eigenvalue weighted by molar-refractivity contribution is -0.143. The Morgan fingerprint density at radius 2 is 1.45 bits per heavy atom. The molecule has 0 aromatic carbocycles. The first-order valence-electron chi connectivity index (χ1n) is 8.22. The summed E-state index contributed by atoms with van der Waals surface area (Å²) in [7, 11) is 0. The van der Waals surface area contributed by atoms with Gasteiger partial charge in [-0.1, -0.05) is 37.5 Å². The number of carbonyl (C=O) groups excluding carboxylic acids is 1. The Balaban J connectivity index is 3.14. The molecule has 0 rings (SSSR count). The van der Waals surface area contributed by atoms with E-state index in [2.05, 4.69) is 18.7 Å². The van der Waals surface area contributed by atoms with Gasteiger partial charge in [0.25, 0.3) is 0 Å². The van der Waals surface area contributed by atoms with Crippen LogP contribution in [0.25, 0.3) is 0 Å². The van der Waals surface area contributed by atoms with E-state index in [9.17, 15) is 4.79 Å². The molecule has 0 aromatic heterocycles. The molecule has 0 radical (unpaired) electrons. The van der Waals surface area contributed by atoms with E-state index in [0.717, 1.165) is 19.3 Å². The third-order valence-corrected chi connectivity index (χ3v) is 3.25. The van der Waals surface area contributed by atoms with Crippen LogP contribution < -0.4 is 0 Å². The van der Waals surface area contributed by atoms with Crippen LogP contribution in [0.1, 0.15) is 77.6 Å². The third-order valence-electron chi connectivity index (χ3n) is 3.25. The summed E-state index contributed by atoms with van der Waals surface area (Å²) in [5.74, 6) is -0.0492. The maximum atomic E-state index is 11.1. The van der Waals surface area contributed by atoms with Crippen molar-refractivity contribution in [1.29, 1.82) is 0 Å². The smallest absolute Gasteiger partial charge is 0.305 e. The van der Waals surface area contributed by atoms with E-state index < -0.39 is 0 Å². The number of hydrogen-bond acceptors (Lipinski definition) is 2. The second-order valence-electron chi connectivity index (χ2n) is 5.16. The molecule has 0 heterocycles. The highest BCUT2D eigenvalue weighted by atomic mass is 16.5. The minimum Gasteiger partial charge on any atom is -0.466 e. The summed E-state index contributed by atoms with van der Waals surface area (Å²) in [6.45, 7) is 6.08. The summed E-state index contributed by atoms with van der Waals surface area (Å²) in [4.78, 5) is 11.1. The average molecular weight is 280 g/mol. The third kappa shape index (κ3) is 15.0. The summed E-state index contributed by atoms with van der Waals surface area (Å²) in [5, 5.41) is 0. The summed E-state index contributed by atoms with van der Waals surface area (Å²) >= 11 is 0. The normalized spacial score (nSPS) is 10.8. The van der Waals surface area contributed by atoms with Gasteiger partial charge in [-0.15, -0.1) is 6.58 Å². The van der Waals surface area contributed by atoms with Crippen molar-refractivity contribution in [2.75, 3.05) is 6.61 Å². The van der Waals surface area contributed by atoms with Gasteiger partial charge in [0.05, 0.1) is 6.61 Å². The zero-order valence-corrected chi connectivity index (χ0v) is 13.2. The van der Waals surface area contributed by atoms with Crippen LogP contribution in [0.4, 0.5) is 0 Å². The summed E-state index contributed by atoms with van der Waals surface area (Å²) in [5.41, 5.74) is 0. The van der Waals surface area contributed by atoms with E-state index in [1.807, 2.05) is 13.0 Å². The van der Waals surface area contributed by atoms with Crippen molar-refractivity contribution in [2.45, 2.75) is 77.6 Å². The van der Waals surface area contributed by atoms with Crippen LogP contribution in [0.15, 0.2) is 24.8 Å². The maximum absolute atomic E-state index is 11.1. The van der Waals surface area contributed by atoms with Crippen molar-refractivity contribution in [2.24, 2.45) is 0 Å². The molecule has 0 spiro atoms. The molecule has 20 heavy (non-hydrogen) atoms. The van der Waals surface area contributed by atoms with Crippen molar-refractivity contribution in [1.82, 2.24) is 0 Å². The van der Waals surface area contributed by atoms with Gasteiger partial charge in [0.2, 0.25) is 0 Å². The van der Waals surface area contributed by atoms with E-state index >= 15 is 0 Å². The summed E-state index contributed by atoms with van der Waals surface area (Å²) in [6, 6.07) is 0. The molecular weight excluding hydrogens is 248 g/mol. The maximum Gasteiger partial charge on any atom is 0.305 e. The minimum atomic E-state index is -0.0492. The van der Waals surface area contributed by atoms with Crippen molar-refractivity contribution >= 4 is 5.97 Å². The lowest BCUT2D eigenvalue weighted by Gasteiger charge is -2.01. The zero-order valence-electron chi connectivity index (χ0n) is 13.2. The predicted molar refractivity (Wildman–Crippen MR) is 86.8 cm³/mol. The molecule has 0 aliphatic rings. The highest BCUT2D eigenvalue weighted by Crippen LogP contribution is 2.09. The highest BCUT2D eigenvalue weighted by Gasteiger charge is 2.00. The second-order valence-corrected chi connectivity index (χ2v) is 5.16. The number of ether oxygens (including phenoxy) is 1. The number of carbonyl (C=O) groups is 1. The first kappa shape index (κ1) is 18.9. The van der Waals surface area contributed by atoms with Gasteiger partial charge >= 0.3 is 5.97 Å². The zero-order chi connectivity index (χ0) is 14.9. The van der Waals surface area contributed by atoms with E-state index in [1.54, 1.807) is 0 Å². The number of esters is 1. The van der Waals surface area contributed by atoms with Crippen molar-refractivity contribution in [3.63, 3.8) is 0 Å². The molecule has 0 unspecified atom stereocenters. The highest BCUT2D eigenvalue weighted by molar-refractivity contribution is 5.69. The van der Waals surface area contributed by atoms with Gasteiger partial charge in [-0.25, -0.2) is 0 Å². The van der Waals surface area contributed by atoms with Gasteiger partial charge in [-0.05, 0) is 51.9 Å². The monoisotopic (exact) mass is 280 g/mol. The molecule has 2 nitrogen and oxygen atoms in total. The fourth-order valence-corrected chi connectivity index (χ4v) is 2.08. The topological polar surface area (TPSA) is 26.3 Å². The van der Waals surface area contributed by atoms with Gasteiger partial charge < -0.3 is 4.74 Å². The van der Waals surface area contributed by atoms with Crippen molar-refractivity contribution in [3.05, 3.63) is 24.8 Å². The fourth-order valence-electron chi connectivity index (χ4n) is 2.08. The summed E-state index contributed by atoms with van der Waals surface area (Å²) in [6.07, 6.45) is 19.1. The number of allylic oxidation sites excluding steroid dienone is 3. The lowest BCUT2D eigenvalue weighted by atomic mass is 10.1. The van der Waals surface area contributed by atoms with Crippen LogP contribution >= 0.6 is 0 Å². The van der Waals surface area contributed by atoms with E-state index in [1.165, 1.54) is 44.9 Å². The van der Waals surface area contributed by atoms with Crippen LogP contribution in [0.3, 0.4) is 0 Å². The van der Waals surface area contributed by atoms with Crippen LogP contribution in [-0.4, -0.2) is 12.6 Å². The van der Waals surface area contributed by atoms with Crippen LogP contribution in [0, 0.1) is 0 Å². The molecule has 0 saturated heterocycles. The standard InChI is InChI=1S/C18H32O2/c1-3-5-6-7-8-9-10-11-12-13-14-15-16-17-18(19)20-4-2/h3,9-10H,1,4-8,11-17H2,2H3/b10-9+. The van der Waals surface area contributed by atoms with E-state index in [-0.39, 0.29) is 5.97 Å². The molecule has 0 atom stereocenters. The molecule has 0 aliphatic carbocycles. The van der Waals surface area contributed by atoms with Crippen LogP contribution in [-0.2, 0) is 9.53 Å². The quantitative estimate of drug-likeness (QED) is 0.236. The largest absolute Gasteiger partial charge is 0.466 e. The van der Waals surface area contributed by atoms with Crippen LogP contribution in [0.2, 0.25) is 0 Å². The molecule has 0 N–H and O–H groups in total. The number of rotatable bonds is 14. The summed E-state index contributed by atoms with van der Waals surface area (Å²) < 4.78 is 4.90. The molecule has 2 heteroatoms. The second kappa shape index (κ2) is 16.0. The molecule has 0 amide bonds. The molecule has 116 valence electrons. The van der Waals surface area contributed by atoms with Gasteiger partial charge in [0.15, 0.2) is 0 Å². The van der Waals surface area contributed by atoms with Crippen LogP contribution in [0.5, 0.6) is 0 Å². The lowest BCUT2D eigenvalue weighted by Crippen LogP contribution is -2.03. The Morgan fingerprint density at radius 1 is 0.900 bits per heavy atom. The average Bonchev–Trinajstić information content (AvgIpc) is 2.44. The van der Waals surface area contributed by atoms with E-state index in [4.69, 9.17) is 4.74 Å². The SMILES string of the molecule is C=CCCCC/C=C/CCCCCCCC(=O)OCC. The number of hydrogen-bond donors (Lipinski definition) is 0. The predicted octanol–water partition coefficient (Wildman–Crippen LogP) is 5.58. The Bertz CT molecular complexity index is 256. The Labute approximate surface area is 125 Å². The van der Waals surface area contributed by atoms with Gasteiger partial charge in [0.1, 0.15) is 0 Å². The first-order valence-corrected chi connectivity index (χ1v) is 8.22. The molecule has 0 saturated carbocycles. The van der Waals surface area contributed by atoms with Gasteiger partial charge in [-0.3, -0.25) is 4.79 Å². The first-order chi connectivity index (χ1) is 9.81. The van der Waals surface area contributed by atoms with Gasteiger partial charge in [-0.2, -0.15) is 0 Å². The minimum absolute atomic E-state index is 0.0492.